The Kier molecular flexibility index (Phi) is 4.96. The predicted octanol–water partition coefficient (Wildman–Crippen LogP) is 3.79. The predicted molar refractivity (Wildman–Crippen MR) is 83.8 cm³/mol. The minimum absolute atomic E-state index is 0.0258. The molecule has 0 amide bonds. The van der Waals surface area contributed by atoms with E-state index in [2.05, 4.69) is 4.98 Å². The van der Waals surface area contributed by atoms with Crippen molar-refractivity contribution in [2.75, 3.05) is 13.2 Å². The van der Waals surface area contributed by atoms with Crippen LogP contribution in [-0.2, 0) is 0 Å². The fraction of sp³-hybridized carbons (Fsp3) is 0.375. The number of hydrogen-bond acceptors (Lipinski definition) is 5. The van der Waals surface area contributed by atoms with E-state index in [1.165, 1.54) is 11.3 Å². The molecule has 0 aliphatic carbocycles. The lowest BCUT2D eigenvalue weighted by Crippen LogP contribution is -2.04. The van der Waals surface area contributed by atoms with Gasteiger partial charge in [-0.15, -0.1) is 11.3 Å². The summed E-state index contributed by atoms with van der Waals surface area (Å²) in [4.78, 5) is 17.6. The molecule has 0 atom stereocenters. The van der Waals surface area contributed by atoms with Crippen molar-refractivity contribution in [3.05, 3.63) is 39.3 Å². The first-order chi connectivity index (χ1) is 10.1. The highest BCUT2D eigenvalue weighted by atomic mass is 32.1. The zero-order valence-electron chi connectivity index (χ0n) is 12.7. The topological polar surface area (TPSA) is 48.4 Å². The number of benzene rings is 1. The maximum atomic E-state index is 12.6. The van der Waals surface area contributed by atoms with Crippen molar-refractivity contribution in [1.29, 1.82) is 0 Å². The van der Waals surface area contributed by atoms with Crippen LogP contribution in [0.25, 0.3) is 0 Å². The molecule has 0 bridgehead atoms. The Balaban J connectivity index is 2.37. The van der Waals surface area contributed by atoms with E-state index in [1.54, 1.807) is 18.2 Å². The molecule has 5 heteroatoms. The van der Waals surface area contributed by atoms with Gasteiger partial charge in [-0.1, -0.05) is 0 Å². The van der Waals surface area contributed by atoms with Crippen molar-refractivity contribution in [2.24, 2.45) is 0 Å². The van der Waals surface area contributed by atoms with Gasteiger partial charge in [-0.3, -0.25) is 4.79 Å². The molecule has 0 saturated carbocycles. The second-order valence-corrected chi connectivity index (χ2v) is 5.71. The Hall–Kier alpha value is -1.88. The Morgan fingerprint density at radius 1 is 1.14 bits per heavy atom. The first-order valence-electron chi connectivity index (χ1n) is 6.95. The number of thiazole rings is 1. The molecule has 0 N–H and O–H groups in total. The van der Waals surface area contributed by atoms with E-state index in [1.807, 2.05) is 27.7 Å². The van der Waals surface area contributed by atoms with Gasteiger partial charge in [0.15, 0.2) is 11.5 Å². The highest BCUT2D eigenvalue weighted by Crippen LogP contribution is 2.30. The lowest BCUT2D eigenvalue weighted by atomic mass is 10.1. The van der Waals surface area contributed by atoms with Crippen LogP contribution in [0.2, 0.25) is 0 Å². The summed E-state index contributed by atoms with van der Waals surface area (Å²) in [6, 6.07) is 5.29. The molecule has 1 heterocycles. The number of nitrogens with zero attached hydrogens (tertiary/aromatic N) is 1. The highest BCUT2D eigenvalue weighted by Gasteiger charge is 2.18. The van der Waals surface area contributed by atoms with E-state index in [0.29, 0.717) is 35.2 Å². The second-order valence-electron chi connectivity index (χ2n) is 4.50. The Bertz CT molecular complexity index is 649. The molecular formula is C16H19NO3S. The van der Waals surface area contributed by atoms with E-state index in [9.17, 15) is 4.79 Å². The zero-order chi connectivity index (χ0) is 15.4. The maximum absolute atomic E-state index is 12.6. The number of aryl methyl sites for hydroxylation is 2. The molecule has 4 nitrogen and oxygen atoms in total. The number of carbonyl (C=O) groups excluding carboxylic acids is 1. The van der Waals surface area contributed by atoms with E-state index >= 15 is 0 Å². The van der Waals surface area contributed by atoms with Gasteiger partial charge in [-0.05, 0) is 45.9 Å². The van der Waals surface area contributed by atoms with Crippen molar-refractivity contribution in [1.82, 2.24) is 4.98 Å². The molecule has 2 rings (SSSR count). The molecular weight excluding hydrogens is 286 g/mol. The summed E-state index contributed by atoms with van der Waals surface area (Å²) in [5.41, 5.74) is 1.36. The third-order valence-electron chi connectivity index (χ3n) is 2.92. The molecule has 0 fully saturated rings. The molecule has 0 aliphatic rings. The largest absolute Gasteiger partial charge is 0.490 e. The van der Waals surface area contributed by atoms with Crippen LogP contribution in [0.4, 0.5) is 0 Å². The number of ketones is 1. The van der Waals surface area contributed by atoms with Crippen LogP contribution in [0.3, 0.4) is 0 Å². The van der Waals surface area contributed by atoms with Crippen LogP contribution in [-0.4, -0.2) is 24.0 Å². The molecule has 1 aromatic heterocycles. The summed E-state index contributed by atoms with van der Waals surface area (Å²) in [5.74, 6) is 1.24. The quantitative estimate of drug-likeness (QED) is 0.762. The van der Waals surface area contributed by atoms with Crippen molar-refractivity contribution in [2.45, 2.75) is 27.7 Å². The van der Waals surface area contributed by atoms with Crippen LogP contribution >= 0.6 is 11.3 Å². The minimum Gasteiger partial charge on any atom is -0.490 e. The highest BCUT2D eigenvalue weighted by molar-refractivity contribution is 7.14. The molecule has 112 valence electrons. The van der Waals surface area contributed by atoms with Gasteiger partial charge >= 0.3 is 0 Å². The normalized spacial score (nSPS) is 10.5. The lowest BCUT2D eigenvalue weighted by molar-refractivity contribution is 0.104. The summed E-state index contributed by atoms with van der Waals surface area (Å²) in [6.07, 6.45) is 0. The standard InChI is InChI=1S/C16H19NO3S/c1-5-19-13-8-7-12(9-14(13)20-6-2)15(18)16-10(3)17-11(4)21-16/h7-9H,5-6H2,1-4H3. The lowest BCUT2D eigenvalue weighted by Gasteiger charge is -2.11. The fourth-order valence-electron chi connectivity index (χ4n) is 2.07. The molecule has 0 aliphatic heterocycles. The Morgan fingerprint density at radius 2 is 1.81 bits per heavy atom. The van der Waals surface area contributed by atoms with Gasteiger partial charge in [-0.2, -0.15) is 0 Å². The molecule has 21 heavy (non-hydrogen) atoms. The van der Waals surface area contributed by atoms with E-state index < -0.39 is 0 Å². The molecule has 2 aromatic rings. The summed E-state index contributed by atoms with van der Waals surface area (Å²) >= 11 is 1.42. The van der Waals surface area contributed by atoms with Crippen molar-refractivity contribution in [3.63, 3.8) is 0 Å². The van der Waals surface area contributed by atoms with Crippen LogP contribution in [0.15, 0.2) is 18.2 Å². The summed E-state index contributed by atoms with van der Waals surface area (Å²) in [6.45, 7) is 8.66. The van der Waals surface area contributed by atoms with Crippen molar-refractivity contribution in [3.8, 4) is 11.5 Å². The van der Waals surface area contributed by atoms with Crippen LogP contribution in [0.5, 0.6) is 11.5 Å². The monoisotopic (exact) mass is 305 g/mol. The van der Waals surface area contributed by atoms with Gasteiger partial charge < -0.3 is 9.47 Å². The van der Waals surface area contributed by atoms with Gasteiger partial charge in [0.2, 0.25) is 5.78 Å². The molecule has 1 aromatic carbocycles. The third-order valence-corrected chi connectivity index (χ3v) is 3.99. The summed E-state index contributed by atoms with van der Waals surface area (Å²) < 4.78 is 11.1. The second kappa shape index (κ2) is 6.72. The number of hydrogen-bond donors (Lipinski definition) is 0. The zero-order valence-corrected chi connectivity index (χ0v) is 13.5. The van der Waals surface area contributed by atoms with Crippen LogP contribution in [0, 0.1) is 13.8 Å². The van der Waals surface area contributed by atoms with E-state index in [0.717, 1.165) is 10.7 Å². The van der Waals surface area contributed by atoms with E-state index in [-0.39, 0.29) is 5.78 Å². The number of carbonyl (C=O) groups is 1. The Labute approximate surface area is 128 Å². The van der Waals surface area contributed by atoms with Gasteiger partial charge in [-0.25, -0.2) is 4.98 Å². The number of ether oxygens (including phenoxy) is 2. The maximum Gasteiger partial charge on any atom is 0.204 e. The van der Waals surface area contributed by atoms with Gasteiger partial charge in [0.05, 0.1) is 28.8 Å². The SMILES string of the molecule is CCOc1ccc(C(=O)c2sc(C)nc2C)cc1OCC. The molecule has 0 radical (unpaired) electrons. The average molecular weight is 305 g/mol. The van der Waals surface area contributed by atoms with Crippen molar-refractivity contribution < 1.29 is 14.3 Å². The first-order valence-corrected chi connectivity index (χ1v) is 7.76. The van der Waals surface area contributed by atoms with Gasteiger partial charge in [0.1, 0.15) is 0 Å². The number of aromatic nitrogens is 1. The molecule has 0 spiro atoms. The summed E-state index contributed by atoms with van der Waals surface area (Å²) in [5, 5.41) is 0.895. The van der Waals surface area contributed by atoms with Gasteiger partial charge in [0.25, 0.3) is 0 Å². The Morgan fingerprint density at radius 3 is 2.38 bits per heavy atom. The first kappa shape index (κ1) is 15.5. The molecule has 0 unspecified atom stereocenters. The van der Waals surface area contributed by atoms with E-state index in [4.69, 9.17) is 9.47 Å². The smallest absolute Gasteiger partial charge is 0.204 e. The fourth-order valence-corrected chi connectivity index (χ4v) is 2.95. The average Bonchev–Trinajstić information content (AvgIpc) is 2.79. The van der Waals surface area contributed by atoms with Gasteiger partial charge in [0, 0.05) is 5.56 Å². The molecule has 0 saturated heterocycles. The third kappa shape index (κ3) is 3.42. The van der Waals surface area contributed by atoms with Crippen LogP contribution in [0.1, 0.15) is 39.8 Å². The number of rotatable bonds is 6. The van der Waals surface area contributed by atoms with Crippen molar-refractivity contribution >= 4 is 17.1 Å². The van der Waals surface area contributed by atoms with Crippen LogP contribution < -0.4 is 9.47 Å². The summed E-state index contributed by atoms with van der Waals surface area (Å²) in [7, 11) is 0. The minimum atomic E-state index is -0.0258.